The number of hydrogen-bond donors (Lipinski definition) is 1. The molecule has 0 amide bonds. The Morgan fingerprint density at radius 3 is 2.52 bits per heavy atom. The Balaban J connectivity index is 2.11. The van der Waals surface area contributed by atoms with Crippen molar-refractivity contribution in [3.05, 3.63) is 38.7 Å². The first-order chi connectivity index (χ1) is 14.6. The molecule has 31 heavy (non-hydrogen) atoms. The van der Waals surface area contributed by atoms with Gasteiger partial charge in [-0.25, -0.2) is 13.4 Å². The SMILES string of the molecule is CCCOc1ccc(S(=O)(=O)N2CCN(C)CC2)cc1-c1nc(C(C)C)c(Br)c(=O)[nH]1. The molecule has 0 radical (unpaired) electrons. The second-order valence-electron chi connectivity index (χ2n) is 7.98. The fraction of sp³-hybridized carbons (Fsp3) is 0.524. The fourth-order valence-electron chi connectivity index (χ4n) is 3.36. The van der Waals surface area contributed by atoms with Gasteiger partial charge in [-0.1, -0.05) is 20.8 Å². The maximum absolute atomic E-state index is 13.3. The molecule has 170 valence electrons. The van der Waals surface area contributed by atoms with Crippen LogP contribution in [0.15, 0.2) is 32.4 Å². The van der Waals surface area contributed by atoms with E-state index in [9.17, 15) is 13.2 Å². The maximum Gasteiger partial charge on any atom is 0.265 e. The van der Waals surface area contributed by atoms with E-state index in [0.717, 1.165) is 6.42 Å². The van der Waals surface area contributed by atoms with Crippen molar-refractivity contribution in [1.29, 1.82) is 0 Å². The normalized spacial score (nSPS) is 16.1. The number of rotatable bonds is 7. The van der Waals surface area contributed by atoms with Crippen molar-refractivity contribution in [1.82, 2.24) is 19.2 Å². The van der Waals surface area contributed by atoms with E-state index >= 15 is 0 Å². The van der Waals surface area contributed by atoms with Gasteiger partial charge >= 0.3 is 0 Å². The number of piperazine rings is 1. The molecule has 10 heteroatoms. The minimum atomic E-state index is -3.68. The Morgan fingerprint density at radius 1 is 1.23 bits per heavy atom. The number of aromatic amines is 1. The first-order valence-corrected chi connectivity index (χ1v) is 12.6. The number of hydrogen-bond acceptors (Lipinski definition) is 6. The molecule has 1 aromatic carbocycles. The van der Waals surface area contributed by atoms with E-state index in [-0.39, 0.29) is 16.4 Å². The fourth-order valence-corrected chi connectivity index (χ4v) is 5.45. The third-order valence-corrected chi connectivity index (χ3v) is 7.86. The number of nitrogens with zero attached hydrogens (tertiary/aromatic N) is 3. The lowest BCUT2D eigenvalue weighted by Crippen LogP contribution is -2.47. The van der Waals surface area contributed by atoms with Crippen molar-refractivity contribution in [2.75, 3.05) is 39.8 Å². The largest absolute Gasteiger partial charge is 0.493 e. The Bertz CT molecular complexity index is 1090. The lowest BCUT2D eigenvalue weighted by Gasteiger charge is -2.31. The van der Waals surface area contributed by atoms with Gasteiger partial charge in [-0.15, -0.1) is 0 Å². The molecule has 1 saturated heterocycles. The number of likely N-dealkylation sites (N-methyl/N-ethyl adjacent to an activating group) is 1. The van der Waals surface area contributed by atoms with Crippen LogP contribution in [0.4, 0.5) is 0 Å². The molecule has 1 fully saturated rings. The van der Waals surface area contributed by atoms with E-state index in [2.05, 4.69) is 30.8 Å². The molecule has 0 atom stereocenters. The van der Waals surface area contributed by atoms with Crippen LogP contribution in [0.25, 0.3) is 11.4 Å². The summed E-state index contributed by atoms with van der Waals surface area (Å²) in [5.41, 5.74) is 0.741. The van der Waals surface area contributed by atoms with Gasteiger partial charge < -0.3 is 14.6 Å². The first-order valence-electron chi connectivity index (χ1n) is 10.4. The Morgan fingerprint density at radius 2 is 1.90 bits per heavy atom. The highest BCUT2D eigenvalue weighted by molar-refractivity contribution is 9.10. The standard InChI is InChI=1S/C21H29BrN4O4S/c1-5-12-30-17-7-6-15(31(28,29)26-10-8-25(4)9-11-26)13-16(17)20-23-19(14(2)3)18(22)21(27)24-20/h6-7,13-14H,5,8-12H2,1-4H3,(H,23,24,27). The predicted molar refractivity (Wildman–Crippen MR) is 124 cm³/mol. The quantitative estimate of drug-likeness (QED) is 0.612. The molecule has 1 N–H and O–H groups in total. The zero-order chi connectivity index (χ0) is 22.8. The monoisotopic (exact) mass is 512 g/mol. The molecule has 0 aliphatic carbocycles. The zero-order valence-electron chi connectivity index (χ0n) is 18.3. The van der Waals surface area contributed by atoms with Crippen molar-refractivity contribution >= 4 is 26.0 Å². The molecule has 0 bridgehead atoms. The van der Waals surface area contributed by atoms with Crippen LogP contribution in [-0.4, -0.2) is 67.4 Å². The highest BCUT2D eigenvalue weighted by atomic mass is 79.9. The molecule has 3 rings (SSSR count). The van der Waals surface area contributed by atoms with Crippen molar-refractivity contribution in [2.45, 2.75) is 38.0 Å². The Kier molecular flexibility index (Phi) is 7.56. The summed E-state index contributed by atoms with van der Waals surface area (Å²) in [6, 6.07) is 4.75. The summed E-state index contributed by atoms with van der Waals surface area (Å²) in [4.78, 5) is 22.1. The number of nitrogens with one attached hydrogen (secondary N) is 1. The summed E-state index contributed by atoms with van der Waals surface area (Å²) >= 11 is 3.31. The molecule has 2 aromatic rings. The van der Waals surface area contributed by atoms with Gasteiger partial charge in [0.1, 0.15) is 16.0 Å². The van der Waals surface area contributed by atoms with Crippen molar-refractivity contribution in [3.8, 4) is 17.1 Å². The summed E-state index contributed by atoms with van der Waals surface area (Å²) in [6.07, 6.45) is 0.794. The molecule has 0 unspecified atom stereocenters. The summed E-state index contributed by atoms with van der Waals surface area (Å²) < 4.78 is 34.3. The van der Waals surface area contributed by atoms with Crippen LogP contribution in [0.3, 0.4) is 0 Å². The molecule has 1 aromatic heterocycles. The molecular weight excluding hydrogens is 484 g/mol. The molecule has 1 aliphatic heterocycles. The van der Waals surface area contributed by atoms with Gasteiger partial charge in [0.15, 0.2) is 0 Å². The molecule has 0 saturated carbocycles. The van der Waals surface area contributed by atoms with Crippen LogP contribution >= 0.6 is 15.9 Å². The first kappa shape index (κ1) is 23.9. The molecular formula is C21H29BrN4O4S. The average molecular weight is 513 g/mol. The topological polar surface area (TPSA) is 95.6 Å². The highest BCUT2D eigenvalue weighted by Crippen LogP contribution is 2.33. The summed E-state index contributed by atoms with van der Waals surface area (Å²) in [7, 11) is -1.70. The zero-order valence-corrected chi connectivity index (χ0v) is 20.7. The second kappa shape index (κ2) is 9.81. The van der Waals surface area contributed by atoms with Gasteiger partial charge in [0.2, 0.25) is 10.0 Å². The number of sulfonamides is 1. The summed E-state index contributed by atoms with van der Waals surface area (Å²) in [5, 5.41) is 0. The second-order valence-corrected chi connectivity index (χ2v) is 10.7. The maximum atomic E-state index is 13.3. The van der Waals surface area contributed by atoms with Crippen LogP contribution in [0.2, 0.25) is 0 Å². The van der Waals surface area contributed by atoms with E-state index in [4.69, 9.17) is 4.74 Å². The van der Waals surface area contributed by atoms with Gasteiger partial charge in [-0.05, 0) is 53.5 Å². The number of ether oxygens (including phenoxy) is 1. The number of H-pyrrole nitrogens is 1. The van der Waals surface area contributed by atoms with Gasteiger partial charge in [0.25, 0.3) is 5.56 Å². The average Bonchev–Trinajstić information content (AvgIpc) is 2.74. The smallest absolute Gasteiger partial charge is 0.265 e. The van der Waals surface area contributed by atoms with Crippen LogP contribution in [-0.2, 0) is 10.0 Å². The lowest BCUT2D eigenvalue weighted by molar-refractivity contribution is 0.222. The van der Waals surface area contributed by atoms with E-state index < -0.39 is 10.0 Å². The van der Waals surface area contributed by atoms with Gasteiger partial charge in [0, 0.05) is 26.2 Å². The predicted octanol–water partition coefficient (Wildman–Crippen LogP) is 3.05. The van der Waals surface area contributed by atoms with Gasteiger partial charge in [0.05, 0.1) is 22.8 Å². The Hall–Kier alpha value is -1.75. The van der Waals surface area contributed by atoms with Gasteiger partial charge in [-0.3, -0.25) is 4.79 Å². The third kappa shape index (κ3) is 5.19. The van der Waals surface area contributed by atoms with E-state index in [1.807, 2.05) is 27.8 Å². The van der Waals surface area contributed by atoms with Crippen molar-refractivity contribution in [3.63, 3.8) is 0 Å². The minimum Gasteiger partial charge on any atom is -0.493 e. The lowest BCUT2D eigenvalue weighted by atomic mass is 10.1. The van der Waals surface area contributed by atoms with Crippen LogP contribution in [0.1, 0.15) is 38.8 Å². The van der Waals surface area contributed by atoms with Crippen molar-refractivity contribution in [2.24, 2.45) is 0 Å². The van der Waals surface area contributed by atoms with E-state index in [0.29, 0.717) is 60.1 Å². The number of halogens is 1. The highest BCUT2D eigenvalue weighted by Gasteiger charge is 2.29. The summed E-state index contributed by atoms with van der Waals surface area (Å²) in [5.74, 6) is 0.783. The third-order valence-electron chi connectivity index (χ3n) is 5.20. The van der Waals surface area contributed by atoms with E-state index in [1.54, 1.807) is 18.2 Å². The summed E-state index contributed by atoms with van der Waals surface area (Å²) in [6.45, 7) is 8.59. The molecule has 8 nitrogen and oxygen atoms in total. The molecule has 2 heterocycles. The minimum absolute atomic E-state index is 0.00712. The number of benzene rings is 1. The molecule has 0 spiro atoms. The molecule has 1 aliphatic rings. The van der Waals surface area contributed by atoms with Crippen molar-refractivity contribution < 1.29 is 13.2 Å². The van der Waals surface area contributed by atoms with Gasteiger partial charge in [-0.2, -0.15) is 4.31 Å². The number of aromatic nitrogens is 2. The van der Waals surface area contributed by atoms with Crippen LogP contribution < -0.4 is 10.3 Å². The van der Waals surface area contributed by atoms with Crippen LogP contribution in [0, 0.1) is 0 Å². The van der Waals surface area contributed by atoms with E-state index in [1.165, 1.54) is 4.31 Å². The van der Waals surface area contributed by atoms with Crippen LogP contribution in [0.5, 0.6) is 5.75 Å². The Labute approximate surface area is 191 Å².